The lowest BCUT2D eigenvalue weighted by Crippen LogP contribution is -2.48. The molecule has 4 nitrogen and oxygen atoms in total. The number of nitrogens with zero attached hydrogens (tertiary/aromatic N) is 1. The molecule has 0 aromatic rings. The molecule has 2 fully saturated rings. The Labute approximate surface area is 96.9 Å². The van der Waals surface area contributed by atoms with Crippen molar-refractivity contribution in [1.82, 2.24) is 4.90 Å². The van der Waals surface area contributed by atoms with Crippen LogP contribution in [0.1, 0.15) is 26.7 Å². The Kier molecular flexibility index (Phi) is 3.22. The molecule has 2 rings (SSSR count). The molecule has 2 heterocycles. The van der Waals surface area contributed by atoms with Crippen LogP contribution < -0.4 is 0 Å². The summed E-state index contributed by atoms with van der Waals surface area (Å²) in [5, 5.41) is 0. The van der Waals surface area contributed by atoms with Crippen LogP contribution >= 0.6 is 0 Å². The number of methoxy groups -OCH3 is 1. The van der Waals surface area contributed by atoms with E-state index in [1.165, 1.54) is 20.0 Å². The van der Waals surface area contributed by atoms with Gasteiger partial charge in [-0.2, -0.15) is 0 Å². The molecule has 2 aliphatic rings. The fourth-order valence-corrected chi connectivity index (χ4v) is 2.73. The van der Waals surface area contributed by atoms with Gasteiger partial charge in [-0.05, 0) is 26.7 Å². The summed E-state index contributed by atoms with van der Waals surface area (Å²) >= 11 is 0. The van der Waals surface area contributed by atoms with Crippen molar-refractivity contribution >= 4 is 5.97 Å². The molecule has 0 spiro atoms. The first-order chi connectivity index (χ1) is 7.51. The second-order valence-corrected chi connectivity index (χ2v) is 5.53. The molecular formula is C12H21NO3. The number of rotatable bonds is 3. The van der Waals surface area contributed by atoms with Crippen molar-refractivity contribution in [2.75, 3.05) is 26.7 Å². The average molecular weight is 227 g/mol. The molecule has 2 bridgehead atoms. The number of esters is 1. The normalized spacial score (nSPS) is 30.4. The molecule has 0 amide bonds. The summed E-state index contributed by atoms with van der Waals surface area (Å²) in [6, 6.07) is 0. The van der Waals surface area contributed by atoms with Crippen molar-refractivity contribution in [3.8, 4) is 0 Å². The van der Waals surface area contributed by atoms with Gasteiger partial charge in [0.2, 0.25) is 0 Å². The number of hydrogen-bond acceptors (Lipinski definition) is 4. The molecule has 0 saturated carbocycles. The van der Waals surface area contributed by atoms with Gasteiger partial charge in [-0.15, -0.1) is 0 Å². The van der Waals surface area contributed by atoms with E-state index in [1.807, 2.05) is 13.8 Å². The Morgan fingerprint density at radius 1 is 1.38 bits per heavy atom. The van der Waals surface area contributed by atoms with Crippen molar-refractivity contribution < 1.29 is 14.3 Å². The second-order valence-electron chi connectivity index (χ2n) is 5.53. The van der Waals surface area contributed by atoms with E-state index in [2.05, 4.69) is 4.90 Å². The fraction of sp³-hybridized carbons (Fsp3) is 0.917. The zero-order chi connectivity index (χ0) is 11.8. The van der Waals surface area contributed by atoms with Crippen molar-refractivity contribution in [2.24, 2.45) is 5.41 Å². The van der Waals surface area contributed by atoms with Crippen LogP contribution in [0.25, 0.3) is 0 Å². The Morgan fingerprint density at radius 2 is 1.94 bits per heavy atom. The van der Waals surface area contributed by atoms with E-state index in [9.17, 15) is 4.79 Å². The Bertz CT molecular complexity index is 265. The van der Waals surface area contributed by atoms with Crippen LogP contribution in [0.15, 0.2) is 0 Å². The van der Waals surface area contributed by atoms with Gasteiger partial charge < -0.3 is 9.47 Å². The molecule has 2 aliphatic heterocycles. The third kappa shape index (κ3) is 2.38. The smallest absolute Gasteiger partial charge is 0.312 e. The highest BCUT2D eigenvalue weighted by molar-refractivity contribution is 5.76. The minimum atomic E-state index is -0.425. The van der Waals surface area contributed by atoms with Crippen molar-refractivity contribution in [2.45, 2.75) is 38.9 Å². The van der Waals surface area contributed by atoms with E-state index in [0.29, 0.717) is 12.2 Å². The summed E-state index contributed by atoms with van der Waals surface area (Å²) in [5.74, 6) is -0.133. The molecule has 0 aromatic carbocycles. The van der Waals surface area contributed by atoms with Crippen LogP contribution in [0, 0.1) is 5.41 Å². The summed E-state index contributed by atoms with van der Waals surface area (Å²) in [4.78, 5) is 13.9. The standard InChI is InChI=1S/C12H21NO3/c1-12(2,11(14)15-3)8-13-6-9-4-5-10(7-13)16-9/h9-10H,4-8H2,1-3H3. The Hall–Kier alpha value is -0.610. The lowest BCUT2D eigenvalue weighted by molar-refractivity contribution is -0.153. The Morgan fingerprint density at radius 3 is 2.44 bits per heavy atom. The molecule has 0 radical (unpaired) electrons. The minimum Gasteiger partial charge on any atom is -0.469 e. The molecule has 92 valence electrons. The third-order valence-corrected chi connectivity index (χ3v) is 3.48. The van der Waals surface area contributed by atoms with Gasteiger partial charge in [0, 0.05) is 19.6 Å². The van der Waals surface area contributed by atoms with Gasteiger partial charge in [0.1, 0.15) is 0 Å². The number of carbonyl (C=O) groups is 1. The lowest BCUT2D eigenvalue weighted by atomic mass is 9.92. The molecule has 2 saturated heterocycles. The summed E-state index contributed by atoms with van der Waals surface area (Å²) < 4.78 is 10.6. The third-order valence-electron chi connectivity index (χ3n) is 3.48. The van der Waals surface area contributed by atoms with Gasteiger partial charge in [-0.3, -0.25) is 9.69 Å². The van der Waals surface area contributed by atoms with E-state index in [4.69, 9.17) is 9.47 Å². The van der Waals surface area contributed by atoms with E-state index in [-0.39, 0.29) is 5.97 Å². The van der Waals surface area contributed by atoms with E-state index in [0.717, 1.165) is 19.6 Å². The van der Waals surface area contributed by atoms with Gasteiger partial charge in [0.25, 0.3) is 0 Å². The maximum Gasteiger partial charge on any atom is 0.312 e. The predicted octanol–water partition coefficient (Wildman–Crippen LogP) is 1.05. The first-order valence-corrected chi connectivity index (χ1v) is 5.97. The maximum atomic E-state index is 11.6. The first kappa shape index (κ1) is 11.9. The van der Waals surface area contributed by atoms with Crippen molar-refractivity contribution in [1.29, 1.82) is 0 Å². The van der Waals surface area contributed by atoms with Crippen LogP contribution in [0.2, 0.25) is 0 Å². The van der Waals surface area contributed by atoms with Gasteiger partial charge in [0.05, 0.1) is 24.7 Å². The quantitative estimate of drug-likeness (QED) is 0.676. The van der Waals surface area contributed by atoms with E-state index >= 15 is 0 Å². The fourth-order valence-electron chi connectivity index (χ4n) is 2.73. The maximum absolute atomic E-state index is 11.6. The van der Waals surface area contributed by atoms with Gasteiger partial charge in [-0.1, -0.05) is 0 Å². The average Bonchev–Trinajstić information content (AvgIpc) is 2.56. The molecule has 0 aromatic heterocycles. The molecule has 0 N–H and O–H groups in total. The number of hydrogen-bond donors (Lipinski definition) is 0. The zero-order valence-corrected chi connectivity index (χ0v) is 10.4. The molecule has 4 heteroatoms. The minimum absolute atomic E-state index is 0.133. The highest BCUT2D eigenvalue weighted by Crippen LogP contribution is 2.28. The molecule has 0 aliphatic carbocycles. The number of carbonyl (C=O) groups excluding carboxylic acids is 1. The summed E-state index contributed by atoms with van der Waals surface area (Å²) in [6.07, 6.45) is 3.10. The van der Waals surface area contributed by atoms with Crippen LogP contribution in [-0.2, 0) is 14.3 Å². The van der Waals surface area contributed by atoms with Crippen LogP contribution in [0.5, 0.6) is 0 Å². The molecule has 16 heavy (non-hydrogen) atoms. The molecule has 2 atom stereocenters. The second kappa shape index (κ2) is 4.34. The van der Waals surface area contributed by atoms with Crippen molar-refractivity contribution in [3.63, 3.8) is 0 Å². The summed E-state index contributed by atoms with van der Waals surface area (Å²) in [6.45, 7) is 6.55. The molecule has 2 unspecified atom stereocenters. The number of ether oxygens (including phenoxy) is 2. The predicted molar refractivity (Wildman–Crippen MR) is 60.1 cm³/mol. The number of morpholine rings is 1. The highest BCUT2D eigenvalue weighted by Gasteiger charge is 2.38. The van der Waals surface area contributed by atoms with Crippen LogP contribution in [0.4, 0.5) is 0 Å². The van der Waals surface area contributed by atoms with E-state index < -0.39 is 5.41 Å². The van der Waals surface area contributed by atoms with Gasteiger partial charge in [-0.25, -0.2) is 0 Å². The number of likely N-dealkylation sites (tertiary alicyclic amines) is 1. The highest BCUT2D eigenvalue weighted by atomic mass is 16.5. The van der Waals surface area contributed by atoms with E-state index in [1.54, 1.807) is 0 Å². The van der Waals surface area contributed by atoms with Crippen LogP contribution in [-0.4, -0.2) is 49.8 Å². The SMILES string of the molecule is COC(=O)C(C)(C)CN1CC2CCC(C1)O2. The summed E-state index contributed by atoms with van der Waals surface area (Å²) in [5.41, 5.74) is -0.425. The topological polar surface area (TPSA) is 38.8 Å². The van der Waals surface area contributed by atoms with Crippen LogP contribution in [0.3, 0.4) is 0 Å². The largest absolute Gasteiger partial charge is 0.469 e. The monoisotopic (exact) mass is 227 g/mol. The summed E-state index contributed by atoms with van der Waals surface area (Å²) in [7, 11) is 1.45. The van der Waals surface area contributed by atoms with Crippen molar-refractivity contribution in [3.05, 3.63) is 0 Å². The number of fused-ring (bicyclic) bond motifs is 2. The Balaban J connectivity index is 1.92. The van der Waals surface area contributed by atoms with Gasteiger partial charge >= 0.3 is 5.97 Å². The van der Waals surface area contributed by atoms with Gasteiger partial charge in [0.15, 0.2) is 0 Å². The lowest BCUT2D eigenvalue weighted by Gasteiger charge is -2.36. The zero-order valence-electron chi connectivity index (χ0n) is 10.4. The first-order valence-electron chi connectivity index (χ1n) is 5.97. The molecular weight excluding hydrogens is 206 g/mol.